The van der Waals surface area contributed by atoms with Crippen LogP contribution >= 0.6 is 11.6 Å². The fourth-order valence-corrected chi connectivity index (χ4v) is 2.54. The summed E-state index contributed by atoms with van der Waals surface area (Å²) in [5.74, 6) is -0.360. The molecule has 1 aromatic heterocycles. The first kappa shape index (κ1) is 13.9. The molecule has 0 aliphatic carbocycles. The van der Waals surface area contributed by atoms with Crippen molar-refractivity contribution in [3.63, 3.8) is 0 Å². The Kier molecular flexibility index (Phi) is 3.80. The molecule has 108 valence electrons. The molecule has 0 saturated heterocycles. The molecule has 0 amide bonds. The van der Waals surface area contributed by atoms with Gasteiger partial charge in [-0.1, -0.05) is 29.8 Å². The van der Waals surface area contributed by atoms with Gasteiger partial charge < -0.3 is 5.32 Å². The molecule has 3 aromatic rings. The molecule has 0 atom stereocenters. The van der Waals surface area contributed by atoms with Crippen molar-refractivity contribution in [3.05, 3.63) is 59.0 Å². The van der Waals surface area contributed by atoms with Crippen molar-refractivity contribution in [1.29, 1.82) is 0 Å². The second-order valence-corrected chi connectivity index (χ2v) is 5.19. The van der Waals surface area contributed by atoms with E-state index in [1.807, 2.05) is 28.9 Å². The topological polar surface area (TPSA) is 29.9 Å². The van der Waals surface area contributed by atoms with E-state index in [-0.39, 0.29) is 5.82 Å². The summed E-state index contributed by atoms with van der Waals surface area (Å²) in [6.45, 7) is 3.32. The summed E-state index contributed by atoms with van der Waals surface area (Å²) in [5.41, 5.74) is 2.42. The number of nitrogens with zero attached hydrogens (tertiary/aromatic N) is 2. The summed E-state index contributed by atoms with van der Waals surface area (Å²) < 4.78 is 15.7. The molecule has 0 fully saturated rings. The highest BCUT2D eigenvalue weighted by Gasteiger charge is 2.10. The number of aromatic nitrogens is 2. The molecule has 0 spiro atoms. The Morgan fingerprint density at radius 2 is 2.05 bits per heavy atom. The molecule has 0 unspecified atom stereocenters. The molecule has 5 heteroatoms. The molecule has 0 aliphatic heterocycles. The summed E-state index contributed by atoms with van der Waals surface area (Å²) >= 11 is 5.75. The maximum Gasteiger partial charge on any atom is 0.147 e. The van der Waals surface area contributed by atoms with E-state index in [0.717, 1.165) is 23.1 Å². The highest BCUT2D eigenvalue weighted by atomic mass is 35.5. The standard InChI is InChI=1S/C16H15ClFN3/c1-2-21-16-6-4-3-5-12(16)15(20-21)10-19-14-8-7-11(17)9-13(14)18/h3-9,19H,2,10H2,1H3. The van der Waals surface area contributed by atoms with Crippen LogP contribution in [0.4, 0.5) is 10.1 Å². The molecule has 0 bridgehead atoms. The van der Waals surface area contributed by atoms with Crippen molar-refractivity contribution in [3.8, 4) is 0 Å². The largest absolute Gasteiger partial charge is 0.377 e. The Bertz CT molecular complexity index is 782. The van der Waals surface area contributed by atoms with Crippen LogP contribution in [0.1, 0.15) is 12.6 Å². The Balaban J connectivity index is 1.88. The molecule has 0 aliphatic rings. The lowest BCUT2D eigenvalue weighted by Gasteiger charge is -2.06. The highest BCUT2D eigenvalue weighted by molar-refractivity contribution is 6.30. The second kappa shape index (κ2) is 5.74. The first-order chi connectivity index (χ1) is 10.2. The number of nitrogens with one attached hydrogen (secondary N) is 1. The lowest BCUT2D eigenvalue weighted by molar-refractivity contribution is 0.629. The van der Waals surface area contributed by atoms with Gasteiger partial charge in [-0.3, -0.25) is 4.68 Å². The third-order valence-corrected chi connectivity index (χ3v) is 3.65. The van der Waals surface area contributed by atoms with Crippen LogP contribution in [0.3, 0.4) is 0 Å². The van der Waals surface area contributed by atoms with Crippen LogP contribution in [0.2, 0.25) is 5.02 Å². The number of para-hydroxylation sites is 1. The number of rotatable bonds is 4. The number of fused-ring (bicyclic) bond motifs is 1. The van der Waals surface area contributed by atoms with E-state index in [1.54, 1.807) is 12.1 Å². The predicted octanol–water partition coefficient (Wildman–Crippen LogP) is 4.46. The second-order valence-electron chi connectivity index (χ2n) is 4.76. The average Bonchev–Trinajstić information content (AvgIpc) is 2.85. The Hall–Kier alpha value is -2.07. The van der Waals surface area contributed by atoms with Gasteiger partial charge in [0.15, 0.2) is 0 Å². The Labute approximate surface area is 127 Å². The van der Waals surface area contributed by atoms with Gasteiger partial charge in [-0.2, -0.15) is 5.10 Å². The van der Waals surface area contributed by atoms with Crippen molar-refractivity contribution < 1.29 is 4.39 Å². The number of hydrogen-bond donors (Lipinski definition) is 1. The van der Waals surface area contributed by atoms with E-state index in [1.165, 1.54) is 6.07 Å². The van der Waals surface area contributed by atoms with E-state index >= 15 is 0 Å². The van der Waals surface area contributed by atoms with Crippen LogP contribution in [0.5, 0.6) is 0 Å². The highest BCUT2D eigenvalue weighted by Crippen LogP contribution is 2.22. The van der Waals surface area contributed by atoms with Gasteiger partial charge in [-0.05, 0) is 31.2 Å². The van der Waals surface area contributed by atoms with Gasteiger partial charge in [-0.15, -0.1) is 0 Å². The van der Waals surface area contributed by atoms with Crippen LogP contribution < -0.4 is 5.32 Å². The minimum atomic E-state index is -0.360. The summed E-state index contributed by atoms with van der Waals surface area (Å²) in [4.78, 5) is 0. The number of hydrogen-bond acceptors (Lipinski definition) is 2. The van der Waals surface area contributed by atoms with E-state index in [4.69, 9.17) is 11.6 Å². The predicted molar refractivity (Wildman–Crippen MR) is 84.1 cm³/mol. The zero-order valence-corrected chi connectivity index (χ0v) is 12.4. The van der Waals surface area contributed by atoms with Crippen molar-refractivity contribution >= 4 is 28.2 Å². The Morgan fingerprint density at radius 1 is 1.24 bits per heavy atom. The lowest BCUT2D eigenvalue weighted by Crippen LogP contribution is -2.03. The minimum absolute atomic E-state index is 0.360. The zero-order chi connectivity index (χ0) is 14.8. The number of aryl methyl sites for hydroxylation is 1. The van der Waals surface area contributed by atoms with Gasteiger partial charge in [-0.25, -0.2) is 4.39 Å². The molecule has 21 heavy (non-hydrogen) atoms. The molecule has 2 aromatic carbocycles. The molecule has 0 radical (unpaired) electrons. The number of anilines is 1. The smallest absolute Gasteiger partial charge is 0.147 e. The summed E-state index contributed by atoms with van der Waals surface area (Å²) in [6.07, 6.45) is 0. The molecular weight excluding hydrogens is 289 g/mol. The Morgan fingerprint density at radius 3 is 2.81 bits per heavy atom. The molecule has 3 rings (SSSR count). The van der Waals surface area contributed by atoms with Crippen molar-refractivity contribution in [2.75, 3.05) is 5.32 Å². The third-order valence-electron chi connectivity index (χ3n) is 3.41. The first-order valence-corrected chi connectivity index (χ1v) is 7.20. The van der Waals surface area contributed by atoms with Crippen LogP contribution in [0.25, 0.3) is 10.9 Å². The van der Waals surface area contributed by atoms with Gasteiger partial charge in [0.25, 0.3) is 0 Å². The number of halogens is 2. The molecule has 3 nitrogen and oxygen atoms in total. The summed E-state index contributed by atoms with van der Waals surface area (Å²) in [5, 5.41) is 9.12. The van der Waals surface area contributed by atoms with Gasteiger partial charge in [0.1, 0.15) is 5.82 Å². The summed E-state index contributed by atoms with van der Waals surface area (Å²) in [7, 11) is 0. The minimum Gasteiger partial charge on any atom is -0.377 e. The molecular formula is C16H15ClFN3. The molecule has 0 saturated carbocycles. The maximum absolute atomic E-state index is 13.8. The fourth-order valence-electron chi connectivity index (χ4n) is 2.38. The van der Waals surface area contributed by atoms with Gasteiger partial charge in [0.05, 0.1) is 23.4 Å². The van der Waals surface area contributed by atoms with Crippen molar-refractivity contribution in [2.24, 2.45) is 0 Å². The van der Waals surface area contributed by atoms with Crippen molar-refractivity contribution in [2.45, 2.75) is 20.0 Å². The van der Waals surface area contributed by atoms with Crippen LogP contribution in [-0.2, 0) is 13.1 Å². The lowest BCUT2D eigenvalue weighted by atomic mass is 10.2. The van der Waals surface area contributed by atoms with Crippen LogP contribution in [0, 0.1) is 5.82 Å². The molecule has 1 heterocycles. The van der Waals surface area contributed by atoms with E-state index in [9.17, 15) is 4.39 Å². The van der Waals surface area contributed by atoms with E-state index in [0.29, 0.717) is 17.3 Å². The summed E-state index contributed by atoms with van der Waals surface area (Å²) in [6, 6.07) is 12.6. The van der Waals surface area contributed by atoms with E-state index in [2.05, 4.69) is 17.3 Å². The van der Waals surface area contributed by atoms with Gasteiger partial charge in [0.2, 0.25) is 0 Å². The average molecular weight is 304 g/mol. The van der Waals surface area contributed by atoms with Crippen molar-refractivity contribution in [1.82, 2.24) is 9.78 Å². The monoisotopic (exact) mass is 303 g/mol. The normalized spacial score (nSPS) is 11.0. The number of benzene rings is 2. The SMILES string of the molecule is CCn1nc(CNc2ccc(Cl)cc2F)c2ccccc21. The van der Waals surface area contributed by atoms with Crippen LogP contribution in [-0.4, -0.2) is 9.78 Å². The van der Waals surface area contributed by atoms with Gasteiger partial charge in [0, 0.05) is 17.0 Å². The van der Waals surface area contributed by atoms with Crippen LogP contribution in [0.15, 0.2) is 42.5 Å². The fraction of sp³-hybridized carbons (Fsp3) is 0.188. The quantitative estimate of drug-likeness (QED) is 0.771. The van der Waals surface area contributed by atoms with E-state index < -0.39 is 0 Å². The maximum atomic E-state index is 13.8. The third kappa shape index (κ3) is 2.72. The van der Waals surface area contributed by atoms with Gasteiger partial charge >= 0.3 is 0 Å². The molecule has 1 N–H and O–H groups in total. The zero-order valence-electron chi connectivity index (χ0n) is 11.6. The first-order valence-electron chi connectivity index (χ1n) is 6.82.